The summed E-state index contributed by atoms with van der Waals surface area (Å²) < 4.78 is 7.24. The smallest absolute Gasteiger partial charge is 0.231 e. The Hall–Kier alpha value is -0.873. The molecule has 0 aromatic carbocycles. The molecule has 4 heteroatoms. The summed E-state index contributed by atoms with van der Waals surface area (Å²) in [5.74, 6) is 0. The normalized spacial score (nSPS) is 12.8. The van der Waals surface area contributed by atoms with E-state index in [1.54, 1.807) is 6.20 Å². The fraction of sp³-hybridized carbons (Fsp3) is 0.615. The van der Waals surface area contributed by atoms with E-state index in [1.807, 2.05) is 19.1 Å². The van der Waals surface area contributed by atoms with Gasteiger partial charge in [0, 0.05) is 23.8 Å². The van der Waals surface area contributed by atoms with E-state index >= 15 is 0 Å². The summed E-state index contributed by atoms with van der Waals surface area (Å²) in [7, 11) is -1.69. The van der Waals surface area contributed by atoms with Crippen molar-refractivity contribution in [3.63, 3.8) is 0 Å². The Morgan fingerprint density at radius 1 is 1.35 bits per heavy atom. The number of nitrogens with zero attached hydrogens (tertiary/aromatic N) is 1. The van der Waals surface area contributed by atoms with Crippen molar-refractivity contribution in [3.05, 3.63) is 29.6 Å². The molecule has 1 heterocycles. The third kappa shape index (κ3) is 3.54. The SMILES string of the molecule is Cc1cc(CO[Si](C)(C)C(C)(C)C)cc[n+]1O. The molecule has 0 aliphatic rings. The van der Waals surface area contributed by atoms with Crippen molar-refractivity contribution in [3.8, 4) is 0 Å². The van der Waals surface area contributed by atoms with E-state index in [1.165, 1.54) is 0 Å². The highest BCUT2D eigenvalue weighted by Gasteiger charge is 2.37. The van der Waals surface area contributed by atoms with E-state index in [9.17, 15) is 5.21 Å². The fourth-order valence-electron chi connectivity index (χ4n) is 1.24. The molecule has 0 aliphatic heterocycles. The zero-order valence-electron chi connectivity index (χ0n) is 11.7. The second-order valence-corrected chi connectivity index (χ2v) is 10.9. The van der Waals surface area contributed by atoms with Crippen LogP contribution in [0.4, 0.5) is 0 Å². The zero-order chi connectivity index (χ0) is 13.3. The summed E-state index contributed by atoms with van der Waals surface area (Å²) in [5, 5.41) is 9.62. The van der Waals surface area contributed by atoms with Crippen LogP contribution < -0.4 is 4.73 Å². The molecule has 17 heavy (non-hydrogen) atoms. The minimum absolute atomic E-state index is 0.230. The number of hydrogen-bond acceptors (Lipinski definition) is 2. The molecule has 0 radical (unpaired) electrons. The lowest BCUT2D eigenvalue weighted by Crippen LogP contribution is -2.40. The minimum Gasteiger partial charge on any atom is -0.413 e. The van der Waals surface area contributed by atoms with E-state index in [-0.39, 0.29) is 5.04 Å². The molecule has 0 bridgehead atoms. The quantitative estimate of drug-likeness (QED) is 0.511. The van der Waals surface area contributed by atoms with Gasteiger partial charge in [-0.3, -0.25) is 5.21 Å². The Morgan fingerprint density at radius 2 is 1.94 bits per heavy atom. The Kier molecular flexibility index (Phi) is 3.99. The molecule has 0 aliphatic carbocycles. The van der Waals surface area contributed by atoms with Gasteiger partial charge in [0.2, 0.25) is 11.9 Å². The average molecular weight is 254 g/mol. The van der Waals surface area contributed by atoms with E-state index in [4.69, 9.17) is 4.43 Å². The predicted molar refractivity (Wildman–Crippen MR) is 70.5 cm³/mol. The molecular formula is C13H24NO2Si+. The van der Waals surface area contributed by atoms with Crippen LogP contribution in [0.2, 0.25) is 18.1 Å². The highest BCUT2D eigenvalue weighted by molar-refractivity contribution is 6.74. The lowest BCUT2D eigenvalue weighted by Gasteiger charge is -2.36. The van der Waals surface area contributed by atoms with Gasteiger partial charge in [0.15, 0.2) is 8.32 Å². The van der Waals surface area contributed by atoms with Crippen molar-refractivity contribution in [1.29, 1.82) is 0 Å². The fourth-order valence-corrected chi connectivity index (χ4v) is 2.20. The van der Waals surface area contributed by atoms with E-state index in [2.05, 4.69) is 33.9 Å². The second kappa shape index (κ2) is 4.78. The van der Waals surface area contributed by atoms with Crippen molar-refractivity contribution in [2.24, 2.45) is 0 Å². The van der Waals surface area contributed by atoms with Gasteiger partial charge < -0.3 is 4.43 Å². The number of pyridine rings is 1. The highest BCUT2D eigenvalue weighted by atomic mass is 28.4. The van der Waals surface area contributed by atoms with Crippen LogP contribution in [0.15, 0.2) is 18.3 Å². The summed E-state index contributed by atoms with van der Waals surface area (Å²) in [5.41, 5.74) is 1.93. The van der Waals surface area contributed by atoms with Crippen LogP contribution in [0.5, 0.6) is 0 Å². The van der Waals surface area contributed by atoms with Gasteiger partial charge in [-0.15, -0.1) is 0 Å². The highest BCUT2D eigenvalue weighted by Crippen LogP contribution is 2.36. The number of rotatable bonds is 3. The van der Waals surface area contributed by atoms with Crippen molar-refractivity contribution in [1.82, 2.24) is 0 Å². The lowest BCUT2D eigenvalue weighted by molar-refractivity contribution is -0.908. The Labute approximate surface area is 105 Å². The molecule has 1 rings (SSSR count). The van der Waals surface area contributed by atoms with Crippen molar-refractivity contribution >= 4 is 8.32 Å². The van der Waals surface area contributed by atoms with Crippen LogP contribution in [-0.2, 0) is 11.0 Å². The molecule has 0 saturated heterocycles. The van der Waals surface area contributed by atoms with Gasteiger partial charge >= 0.3 is 0 Å². The molecule has 0 atom stereocenters. The molecular weight excluding hydrogens is 230 g/mol. The van der Waals surface area contributed by atoms with Gasteiger partial charge in [-0.25, -0.2) is 0 Å². The van der Waals surface area contributed by atoms with Crippen LogP contribution in [0.25, 0.3) is 0 Å². The van der Waals surface area contributed by atoms with Gasteiger partial charge in [0.1, 0.15) is 0 Å². The summed E-state index contributed by atoms with van der Waals surface area (Å²) in [4.78, 5) is 0. The van der Waals surface area contributed by atoms with Gasteiger partial charge in [-0.1, -0.05) is 20.8 Å². The third-order valence-electron chi connectivity index (χ3n) is 3.59. The maximum absolute atomic E-state index is 9.39. The first-order valence-corrected chi connectivity index (χ1v) is 8.89. The van der Waals surface area contributed by atoms with Crippen molar-refractivity contribution in [2.45, 2.75) is 52.4 Å². The average Bonchev–Trinajstić information content (AvgIpc) is 2.18. The largest absolute Gasteiger partial charge is 0.413 e. The number of hydrogen-bond donors (Lipinski definition) is 1. The maximum Gasteiger partial charge on any atom is 0.231 e. The van der Waals surface area contributed by atoms with E-state index in [0.717, 1.165) is 16.0 Å². The van der Waals surface area contributed by atoms with Gasteiger partial charge in [-0.05, 0) is 23.7 Å². The summed E-state index contributed by atoms with van der Waals surface area (Å²) in [6.45, 7) is 13.7. The molecule has 1 N–H and O–H groups in total. The Balaban J connectivity index is 2.71. The first-order valence-electron chi connectivity index (χ1n) is 5.98. The molecule has 96 valence electrons. The minimum atomic E-state index is -1.69. The molecule has 1 aromatic heterocycles. The predicted octanol–water partition coefficient (Wildman–Crippen LogP) is 3.04. The van der Waals surface area contributed by atoms with Crippen LogP contribution in [0.3, 0.4) is 0 Å². The van der Waals surface area contributed by atoms with Gasteiger partial charge in [-0.2, -0.15) is 0 Å². The van der Waals surface area contributed by atoms with Crippen LogP contribution in [-0.4, -0.2) is 13.5 Å². The Bertz CT molecular complexity index is 397. The number of aromatic nitrogens is 1. The Morgan fingerprint density at radius 3 is 2.41 bits per heavy atom. The molecule has 3 nitrogen and oxygen atoms in total. The monoisotopic (exact) mass is 254 g/mol. The second-order valence-electron chi connectivity index (χ2n) is 6.07. The molecule has 0 spiro atoms. The van der Waals surface area contributed by atoms with Crippen LogP contribution in [0, 0.1) is 6.92 Å². The van der Waals surface area contributed by atoms with Gasteiger partial charge in [0.25, 0.3) is 0 Å². The van der Waals surface area contributed by atoms with E-state index in [0.29, 0.717) is 6.61 Å². The summed E-state index contributed by atoms with van der Waals surface area (Å²) >= 11 is 0. The third-order valence-corrected chi connectivity index (χ3v) is 8.07. The first-order chi connectivity index (χ1) is 7.63. The maximum atomic E-state index is 9.39. The zero-order valence-corrected chi connectivity index (χ0v) is 12.7. The molecule has 0 fully saturated rings. The van der Waals surface area contributed by atoms with Crippen molar-refractivity contribution in [2.75, 3.05) is 0 Å². The van der Waals surface area contributed by atoms with Crippen molar-refractivity contribution < 1.29 is 14.4 Å². The molecule has 0 saturated carbocycles. The molecule has 1 aromatic rings. The standard InChI is InChI=1S/C13H24NO2Si/c1-11-9-12(7-8-14(11)15)10-16-17(5,6)13(2,3)4/h7-9,15H,10H2,1-6H3/q+1. The lowest BCUT2D eigenvalue weighted by atomic mass is 10.2. The first kappa shape index (κ1) is 14.2. The summed E-state index contributed by atoms with van der Waals surface area (Å²) in [6, 6.07) is 3.84. The topological polar surface area (TPSA) is 33.3 Å². The molecule has 0 unspecified atom stereocenters. The summed E-state index contributed by atoms with van der Waals surface area (Å²) in [6.07, 6.45) is 1.65. The van der Waals surface area contributed by atoms with Crippen LogP contribution in [0.1, 0.15) is 32.0 Å². The number of aryl methyl sites for hydroxylation is 1. The molecule has 0 amide bonds. The van der Waals surface area contributed by atoms with E-state index < -0.39 is 8.32 Å². The van der Waals surface area contributed by atoms with Gasteiger partial charge in [0.05, 0.1) is 6.61 Å². The van der Waals surface area contributed by atoms with Crippen LogP contribution >= 0.6 is 0 Å².